The fourth-order valence-corrected chi connectivity index (χ4v) is 5.29. The van der Waals surface area contributed by atoms with Gasteiger partial charge in [0.15, 0.2) is 5.17 Å². The first kappa shape index (κ1) is 31.6. The van der Waals surface area contributed by atoms with Crippen LogP contribution >= 0.6 is 11.8 Å². The maximum atomic E-state index is 12.7. The number of hydrogen-bond acceptors (Lipinski definition) is 4. The van der Waals surface area contributed by atoms with Crippen molar-refractivity contribution in [1.82, 2.24) is 5.32 Å². The number of thioether (sulfide) groups is 1. The number of ether oxygens (including phenoxy) is 1. The summed E-state index contributed by atoms with van der Waals surface area (Å²) < 4.78 is 40.7. The maximum Gasteiger partial charge on any atom is 0.573 e. The van der Waals surface area contributed by atoms with E-state index in [0.29, 0.717) is 35.3 Å². The van der Waals surface area contributed by atoms with Gasteiger partial charge in [-0.25, -0.2) is 14.8 Å². The summed E-state index contributed by atoms with van der Waals surface area (Å²) >= 11 is 1.60. The minimum Gasteiger partial charge on any atom is -0.406 e. The number of hydrogen-bond donors (Lipinski definition) is 2. The molecule has 8 nitrogen and oxygen atoms in total. The summed E-state index contributed by atoms with van der Waals surface area (Å²) in [5, 5.41) is 3.60. The van der Waals surface area contributed by atoms with Crippen molar-refractivity contribution in [1.29, 1.82) is 0 Å². The topological polar surface area (TPSA) is 105 Å². The van der Waals surface area contributed by atoms with Crippen LogP contribution in [0.2, 0.25) is 0 Å². The molecule has 0 radical (unpaired) electrons. The molecule has 1 aliphatic heterocycles. The molecule has 3 N–H and O–H groups in total. The monoisotopic (exact) mass is 610 g/mol. The third-order valence-corrected chi connectivity index (χ3v) is 7.51. The number of benzene rings is 3. The number of para-hydroxylation sites is 1. The number of amides is 2. The number of nitrogens with zero attached hydrogens (tertiary/aromatic N) is 4. The third-order valence-electron chi connectivity index (χ3n) is 6.45. The van der Waals surface area contributed by atoms with Crippen LogP contribution in [0.1, 0.15) is 42.9 Å². The van der Waals surface area contributed by atoms with Crippen LogP contribution in [0.3, 0.4) is 0 Å². The number of urea groups is 1. The van der Waals surface area contributed by atoms with E-state index in [-0.39, 0.29) is 17.6 Å². The highest BCUT2D eigenvalue weighted by Crippen LogP contribution is 2.32. The molecule has 0 aliphatic carbocycles. The first-order valence-electron chi connectivity index (χ1n) is 13.8. The number of anilines is 1. The van der Waals surface area contributed by atoms with Gasteiger partial charge in [0.05, 0.1) is 5.69 Å². The van der Waals surface area contributed by atoms with Crippen molar-refractivity contribution in [3.8, 4) is 5.75 Å². The average Bonchev–Trinajstić information content (AvgIpc) is 2.98. The lowest BCUT2D eigenvalue weighted by molar-refractivity contribution is -0.274. The summed E-state index contributed by atoms with van der Waals surface area (Å²) in [7, 11) is 0. The van der Waals surface area contributed by atoms with E-state index in [1.165, 1.54) is 24.0 Å². The highest BCUT2D eigenvalue weighted by molar-refractivity contribution is 8.14. The van der Waals surface area contributed by atoms with Gasteiger partial charge >= 0.3 is 12.4 Å². The second-order valence-corrected chi connectivity index (χ2v) is 11.0. The van der Waals surface area contributed by atoms with Gasteiger partial charge in [0.2, 0.25) is 0 Å². The lowest BCUT2D eigenvalue weighted by atomic mass is 10.0. The van der Waals surface area contributed by atoms with Crippen LogP contribution in [-0.2, 0) is 6.42 Å². The van der Waals surface area contributed by atoms with Crippen LogP contribution in [0.25, 0.3) is 0 Å². The van der Waals surface area contributed by atoms with E-state index in [9.17, 15) is 18.0 Å². The quantitative estimate of drug-likeness (QED) is 0.200. The number of carbonyl (C=O) groups excluding carboxylic acids is 1. The van der Waals surface area contributed by atoms with Gasteiger partial charge in [0.25, 0.3) is 0 Å². The molecule has 0 aromatic heterocycles. The Morgan fingerprint density at radius 1 is 1.09 bits per heavy atom. The second kappa shape index (κ2) is 14.7. The van der Waals surface area contributed by atoms with Crippen LogP contribution < -0.4 is 20.7 Å². The van der Waals surface area contributed by atoms with Crippen LogP contribution in [0.4, 0.5) is 29.3 Å². The predicted molar refractivity (Wildman–Crippen MR) is 168 cm³/mol. The Bertz CT molecular complexity index is 1470. The largest absolute Gasteiger partial charge is 0.573 e. The molecule has 12 heteroatoms. The number of alkyl halides is 3. The van der Waals surface area contributed by atoms with Gasteiger partial charge in [0.1, 0.15) is 17.9 Å². The molecule has 0 saturated carbocycles. The van der Waals surface area contributed by atoms with Gasteiger partial charge in [-0.2, -0.15) is 4.99 Å². The Labute approximate surface area is 253 Å². The van der Waals surface area contributed by atoms with Crippen molar-refractivity contribution in [3.05, 3.63) is 89.5 Å². The summed E-state index contributed by atoms with van der Waals surface area (Å²) in [5.41, 5.74) is 10.4. The van der Waals surface area contributed by atoms with Crippen LogP contribution in [0.5, 0.6) is 5.75 Å². The maximum absolute atomic E-state index is 12.7. The standard InChI is InChI=1S/C31H33F3N6O2S/c1-21(2)26-6-3-4-7-27(26)40-18-5-19-43-30(40)39-29(41)36-17-16-22-8-10-23(11-9-22)28(35)38-20-37-24-12-14-25(15-13-24)42-31(32,33)34/h3-4,6-15,20-21H,5,16-19H2,1-2H3,(H,36,41)(H2,35,37,38). The SMILES string of the molecule is CC(C)c1ccccc1N1CCCSC1=NC(=O)NCCc1ccc(C(N)=NC=Nc2ccc(OC(F)(F)F)cc2)cc1. The highest BCUT2D eigenvalue weighted by Gasteiger charge is 2.31. The Morgan fingerprint density at radius 2 is 1.81 bits per heavy atom. The Kier molecular flexibility index (Phi) is 10.8. The molecule has 1 aliphatic rings. The van der Waals surface area contributed by atoms with Crippen LogP contribution in [-0.4, -0.2) is 48.6 Å². The highest BCUT2D eigenvalue weighted by atomic mass is 32.2. The zero-order valence-electron chi connectivity index (χ0n) is 23.8. The molecule has 0 unspecified atom stereocenters. The van der Waals surface area contributed by atoms with Crippen LogP contribution in [0.15, 0.2) is 87.8 Å². The average molecular weight is 611 g/mol. The molecule has 2 amide bonds. The number of aliphatic imine (C=N–C) groups is 3. The van der Waals surface area contributed by atoms with Crippen molar-refractivity contribution < 1.29 is 22.7 Å². The van der Waals surface area contributed by atoms with Crippen molar-refractivity contribution in [3.63, 3.8) is 0 Å². The zero-order valence-corrected chi connectivity index (χ0v) is 24.7. The lowest BCUT2D eigenvalue weighted by Gasteiger charge is -2.31. The molecule has 0 bridgehead atoms. The molecule has 3 aromatic rings. The molecule has 1 fully saturated rings. The van der Waals surface area contributed by atoms with E-state index in [1.54, 1.807) is 11.8 Å². The molecule has 0 spiro atoms. The summed E-state index contributed by atoms with van der Waals surface area (Å²) in [6.07, 6.45) is -1.89. The number of carbonyl (C=O) groups is 1. The number of rotatable bonds is 9. The van der Waals surface area contributed by atoms with Crippen molar-refractivity contribution in [2.24, 2.45) is 20.7 Å². The zero-order chi connectivity index (χ0) is 30.8. The number of nitrogens with two attached hydrogens (primary N) is 1. The molecule has 3 aromatic carbocycles. The minimum absolute atomic E-state index is 0.227. The van der Waals surface area contributed by atoms with E-state index in [0.717, 1.165) is 42.1 Å². The first-order chi connectivity index (χ1) is 20.6. The molecule has 4 rings (SSSR count). The summed E-state index contributed by atoms with van der Waals surface area (Å²) in [6, 6.07) is 20.4. The van der Waals surface area contributed by atoms with Gasteiger partial charge in [-0.15, -0.1) is 13.2 Å². The summed E-state index contributed by atoms with van der Waals surface area (Å²) in [4.78, 5) is 27.4. The molecular formula is C31H33F3N6O2S. The molecular weight excluding hydrogens is 577 g/mol. The number of halogens is 3. The van der Waals surface area contributed by atoms with Crippen LogP contribution in [0, 0.1) is 0 Å². The second-order valence-electron chi connectivity index (χ2n) is 9.94. The van der Waals surface area contributed by atoms with Gasteiger partial charge in [0, 0.05) is 30.1 Å². The van der Waals surface area contributed by atoms with Gasteiger partial charge in [-0.05, 0) is 60.2 Å². The summed E-state index contributed by atoms with van der Waals surface area (Å²) in [5.74, 6) is 1.17. The number of amidine groups is 2. The van der Waals surface area contributed by atoms with E-state index < -0.39 is 6.36 Å². The third kappa shape index (κ3) is 9.60. The lowest BCUT2D eigenvalue weighted by Crippen LogP contribution is -2.36. The Morgan fingerprint density at radius 3 is 2.51 bits per heavy atom. The fraction of sp³-hybridized carbons (Fsp3) is 0.290. The van der Waals surface area contributed by atoms with E-state index in [4.69, 9.17) is 5.73 Å². The van der Waals surface area contributed by atoms with Crippen molar-refractivity contribution in [2.45, 2.75) is 39.0 Å². The van der Waals surface area contributed by atoms with Crippen molar-refractivity contribution in [2.75, 3.05) is 23.7 Å². The minimum atomic E-state index is -4.75. The molecule has 0 atom stereocenters. The smallest absolute Gasteiger partial charge is 0.406 e. The van der Waals surface area contributed by atoms with Gasteiger partial charge < -0.3 is 20.7 Å². The first-order valence-corrected chi connectivity index (χ1v) is 14.7. The predicted octanol–water partition coefficient (Wildman–Crippen LogP) is 7.03. The number of nitrogens with one attached hydrogen (secondary N) is 1. The Balaban J connectivity index is 1.28. The van der Waals surface area contributed by atoms with Gasteiger partial charge in [-0.3, -0.25) is 0 Å². The van der Waals surface area contributed by atoms with E-state index in [1.807, 2.05) is 36.4 Å². The Hall–Kier alpha value is -4.32. The molecule has 1 saturated heterocycles. The fourth-order valence-electron chi connectivity index (χ4n) is 4.35. The normalized spacial score (nSPS) is 15.3. The van der Waals surface area contributed by atoms with Gasteiger partial charge in [-0.1, -0.05) is 68.1 Å². The molecule has 226 valence electrons. The molecule has 1 heterocycles. The summed E-state index contributed by atoms with van der Waals surface area (Å²) in [6.45, 7) is 5.56. The van der Waals surface area contributed by atoms with E-state index in [2.05, 4.69) is 55.9 Å². The van der Waals surface area contributed by atoms with E-state index >= 15 is 0 Å². The van der Waals surface area contributed by atoms with Crippen molar-refractivity contribution >= 4 is 46.5 Å². The molecule has 43 heavy (non-hydrogen) atoms.